The Balaban J connectivity index is -0.000000103. The fraction of sp³-hybridized carbons (Fsp3) is 0.462. The largest absolute Gasteiger partial charge is 0.478 e. The van der Waals surface area contributed by atoms with Crippen LogP contribution in [0.15, 0.2) is 29.2 Å². The Morgan fingerprint density at radius 1 is 0.885 bits per heavy atom. The monoisotopic (exact) mass is 482 g/mol. The number of sulfonamides is 1. The molecule has 13 N–H and O–H groups in total. The summed E-state index contributed by atoms with van der Waals surface area (Å²) in [7, 11) is -3.53. The van der Waals surface area contributed by atoms with Crippen LogP contribution >= 0.6 is 0 Å². The van der Waals surface area contributed by atoms with Gasteiger partial charge in [0.05, 0.1) is 10.5 Å². The molecule has 0 unspecified atom stereocenters. The first-order valence-corrected chi connectivity index (χ1v) is 7.71. The summed E-state index contributed by atoms with van der Waals surface area (Å²) < 4.78 is 26.2. The summed E-state index contributed by atoms with van der Waals surface area (Å²) in [5, 5.41) is 8.80. The van der Waals surface area contributed by atoms with Crippen LogP contribution in [0.4, 0.5) is 0 Å². The maximum atomic E-state index is 12.4. The summed E-state index contributed by atoms with van der Waals surface area (Å²) in [6.07, 6.45) is 1.48. The van der Waals surface area contributed by atoms with Gasteiger partial charge in [0, 0.05) is 45.8 Å². The predicted molar refractivity (Wildman–Crippen MR) is 94.4 cm³/mol. The van der Waals surface area contributed by atoms with Crippen LogP contribution in [-0.4, -0.2) is 69.7 Å². The zero-order valence-electron chi connectivity index (χ0n) is 14.7. The molecular weight excluding hydrogens is 451 g/mol. The molecule has 0 aliphatic rings. The second-order valence-electron chi connectivity index (χ2n) is 4.23. The predicted octanol–water partition coefficient (Wildman–Crippen LogP) is -2.76. The normalized spacial score (nSPS) is 8.58. The number of carboxylic acid groups (broad SMARTS) is 1. The molecule has 1 radical (unpaired) electrons. The Morgan fingerprint density at radius 2 is 1.23 bits per heavy atom. The summed E-state index contributed by atoms with van der Waals surface area (Å²) in [6, 6.07) is 5.31. The van der Waals surface area contributed by atoms with E-state index in [0.717, 1.165) is 12.8 Å². The first-order chi connectivity index (χ1) is 8.93. The number of carbonyl (C=O) groups is 1. The average Bonchev–Trinajstić information content (AvgIpc) is 2.38. The molecule has 11 nitrogen and oxygen atoms in total. The molecule has 1 rings (SSSR count). The minimum atomic E-state index is -3.53. The number of carboxylic acids is 1. The quantitative estimate of drug-likeness (QED) is 0.432. The number of hydrogen-bond acceptors (Lipinski definition) is 3. The third-order valence-corrected chi connectivity index (χ3v) is 4.60. The third-order valence-electron chi connectivity index (χ3n) is 2.69. The minimum Gasteiger partial charge on any atom is -0.478 e. The molecule has 157 valence electrons. The molecule has 0 aromatic heterocycles. The number of aromatic carboxylic acids is 1. The Hall–Kier alpha value is -0.536. The van der Waals surface area contributed by atoms with E-state index in [1.807, 2.05) is 13.8 Å². The molecule has 0 aliphatic carbocycles. The minimum absolute atomic E-state index is 0. The summed E-state index contributed by atoms with van der Waals surface area (Å²) in [5.41, 5.74) is 0.0801. The molecule has 0 fully saturated rings. The van der Waals surface area contributed by atoms with Gasteiger partial charge < -0.3 is 38.0 Å². The topological polar surface area (TPSA) is 264 Å². The Kier molecular flexibility index (Phi) is 35.7. The van der Waals surface area contributed by atoms with E-state index < -0.39 is 16.0 Å². The van der Waals surface area contributed by atoms with E-state index >= 15 is 0 Å². The third kappa shape index (κ3) is 12.0. The van der Waals surface area contributed by atoms with Crippen LogP contribution in [-0.2, 0) is 42.7 Å². The van der Waals surface area contributed by atoms with Crippen molar-refractivity contribution in [1.82, 2.24) is 4.31 Å². The van der Waals surface area contributed by atoms with Gasteiger partial charge in [-0.3, -0.25) is 0 Å². The summed E-state index contributed by atoms with van der Waals surface area (Å²) in [6.45, 7) is 4.78. The van der Waals surface area contributed by atoms with Crippen molar-refractivity contribution >= 4 is 16.0 Å². The molecule has 26 heavy (non-hydrogen) atoms. The summed E-state index contributed by atoms with van der Waals surface area (Å²) in [4.78, 5) is 10.9. The van der Waals surface area contributed by atoms with Crippen LogP contribution < -0.4 is 0 Å². The van der Waals surface area contributed by atoms with Gasteiger partial charge in [-0.25, -0.2) is 13.2 Å². The zero-order valence-corrected chi connectivity index (χ0v) is 18.4. The molecule has 0 heterocycles. The van der Waals surface area contributed by atoms with E-state index in [0.29, 0.717) is 13.1 Å². The zero-order chi connectivity index (χ0) is 14.5. The van der Waals surface area contributed by atoms with Crippen LogP contribution in [0.2, 0.25) is 0 Å². The van der Waals surface area contributed by atoms with Crippen molar-refractivity contribution in [1.29, 1.82) is 0 Å². The van der Waals surface area contributed by atoms with Gasteiger partial charge in [-0.15, -0.1) is 0 Å². The van der Waals surface area contributed by atoms with E-state index in [9.17, 15) is 13.2 Å². The van der Waals surface area contributed by atoms with Crippen LogP contribution in [0.1, 0.15) is 37.0 Å². The second-order valence-corrected chi connectivity index (χ2v) is 6.17. The van der Waals surface area contributed by atoms with Crippen LogP contribution in [0.25, 0.3) is 0 Å². The van der Waals surface area contributed by atoms with Crippen molar-refractivity contribution in [2.24, 2.45) is 0 Å². The smallest absolute Gasteiger partial charge is 0.335 e. The summed E-state index contributed by atoms with van der Waals surface area (Å²) in [5.74, 6) is -1.07. The molecule has 1 aromatic rings. The van der Waals surface area contributed by atoms with Crippen molar-refractivity contribution in [2.45, 2.75) is 31.6 Å². The van der Waals surface area contributed by atoms with Crippen molar-refractivity contribution < 1.29 is 83.9 Å². The Labute approximate surface area is 178 Å². The van der Waals surface area contributed by atoms with Crippen molar-refractivity contribution in [3.05, 3.63) is 29.8 Å². The van der Waals surface area contributed by atoms with Crippen LogP contribution in [0, 0.1) is 0 Å². The van der Waals surface area contributed by atoms with Gasteiger partial charge in [-0.2, -0.15) is 4.31 Å². The second kappa shape index (κ2) is 20.8. The Morgan fingerprint density at radius 3 is 1.50 bits per heavy atom. The standard InChI is InChI=1S/C13H19NO4S.6H2O.Y/c1-3-9-14(10-4-2)19(17,18)12-7-5-11(6-8-12)13(15)16;;;;;;;/h5-8H,3-4,9-10H2,1-2H3,(H,15,16);6*1H2;. The molecule has 0 atom stereocenters. The SMILES string of the molecule is CCCN(CCC)S(=O)(=O)c1ccc(C(=O)O)cc1.O.O.O.O.O.O.[Y]. The Bertz CT molecular complexity index is 532. The van der Waals surface area contributed by atoms with Crippen LogP contribution in [0.3, 0.4) is 0 Å². The van der Waals surface area contributed by atoms with Gasteiger partial charge in [0.25, 0.3) is 0 Å². The van der Waals surface area contributed by atoms with Gasteiger partial charge in [0.1, 0.15) is 0 Å². The fourth-order valence-electron chi connectivity index (χ4n) is 1.77. The first kappa shape index (κ1) is 44.7. The average molecular weight is 482 g/mol. The molecule has 0 saturated carbocycles. The van der Waals surface area contributed by atoms with Crippen molar-refractivity contribution in [2.75, 3.05) is 13.1 Å². The molecule has 13 heteroatoms. The number of rotatable bonds is 7. The van der Waals surface area contributed by atoms with Crippen LogP contribution in [0.5, 0.6) is 0 Å². The van der Waals surface area contributed by atoms with Crippen molar-refractivity contribution in [3.63, 3.8) is 0 Å². The van der Waals surface area contributed by atoms with Gasteiger partial charge in [0.15, 0.2) is 0 Å². The number of nitrogens with zero attached hydrogens (tertiary/aromatic N) is 1. The van der Waals surface area contributed by atoms with E-state index in [2.05, 4.69) is 0 Å². The first-order valence-electron chi connectivity index (χ1n) is 6.27. The van der Waals surface area contributed by atoms with E-state index in [1.54, 1.807) is 0 Å². The van der Waals surface area contributed by atoms with Gasteiger partial charge in [-0.05, 0) is 37.1 Å². The molecule has 0 amide bonds. The fourth-order valence-corrected chi connectivity index (χ4v) is 3.39. The van der Waals surface area contributed by atoms with Gasteiger partial charge in [0.2, 0.25) is 10.0 Å². The van der Waals surface area contributed by atoms with Gasteiger partial charge >= 0.3 is 5.97 Å². The molecule has 0 bridgehead atoms. The molecule has 0 saturated heterocycles. The maximum Gasteiger partial charge on any atom is 0.335 e. The van der Waals surface area contributed by atoms with Gasteiger partial charge in [-0.1, -0.05) is 13.8 Å². The van der Waals surface area contributed by atoms with E-state index in [-0.39, 0.29) is 76.0 Å². The van der Waals surface area contributed by atoms with E-state index in [1.165, 1.54) is 28.6 Å². The number of benzene rings is 1. The molecule has 0 aliphatic heterocycles. The summed E-state index contributed by atoms with van der Waals surface area (Å²) >= 11 is 0. The molecule has 0 spiro atoms. The van der Waals surface area contributed by atoms with Crippen molar-refractivity contribution in [3.8, 4) is 0 Å². The van der Waals surface area contributed by atoms with E-state index in [4.69, 9.17) is 5.11 Å². The molecular formula is C13H31NO10SY. The maximum absolute atomic E-state index is 12.4. The molecule has 1 aromatic carbocycles. The number of hydrogen-bond donors (Lipinski definition) is 1.